The van der Waals surface area contributed by atoms with Gasteiger partial charge in [-0.15, -0.1) is 0 Å². The molecule has 3 rings (SSSR count). The number of carbonyl (C=O) groups is 2. The molecule has 136 valence electrons. The molecule has 1 saturated heterocycles. The number of nitrogens with zero attached hydrogens (tertiary/aromatic N) is 4. The first kappa shape index (κ1) is 18.1. The first-order valence-electron chi connectivity index (χ1n) is 8.29. The average molecular weight is 375 g/mol. The smallest absolute Gasteiger partial charge is 0.410 e. The molecule has 1 fully saturated rings. The van der Waals surface area contributed by atoms with Crippen molar-refractivity contribution >= 4 is 29.4 Å². The van der Waals surface area contributed by atoms with Crippen molar-refractivity contribution in [2.45, 2.75) is 25.5 Å². The van der Waals surface area contributed by atoms with Crippen LogP contribution in [0.1, 0.15) is 18.4 Å². The topological polar surface area (TPSA) is 75.6 Å². The summed E-state index contributed by atoms with van der Waals surface area (Å²) in [5.41, 5.74) is 0.895. The van der Waals surface area contributed by atoms with E-state index < -0.39 is 12.1 Å². The minimum Gasteiger partial charge on any atom is -0.445 e. The van der Waals surface area contributed by atoms with E-state index in [2.05, 4.69) is 9.97 Å². The third-order valence-corrected chi connectivity index (χ3v) is 4.53. The van der Waals surface area contributed by atoms with Crippen molar-refractivity contribution in [2.75, 3.05) is 18.5 Å². The molecule has 1 aliphatic heterocycles. The van der Waals surface area contributed by atoms with Crippen molar-refractivity contribution in [2.24, 2.45) is 0 Å². The molecule has 1 unspecified atom stereocenters. The van der Waals surface area contributed by atoms with E-state index in [1.165, 1.54) is 22.2 Å². The molecule has 2 heterocycles. The lowest BCUT2D eigenvalue weighted by molar-refractivity contribution is -0.122. The molecule has 0 N–H and O–H groups in total. The lowest BCUT2D eigenvalue weighted by Crippen LogP contribution is -2.47. The van der Waals surface area contributed by atoms with Crippen LogP contribution in [0.5, 0.6) is 0 Å². The summed E-state index contributed by atoms with van der Waals surface area (Å²) in [4.78, 5) is 36.1. The standard InChI is InChI=1S/C18H19ClN4O3/c1-22(16-15(19)20-9-10-21-16)17(24)14-8-5-11-23(14)18(25)26-12-13-6-3-2-4-7-13/h2-4,6-7,9-10,14H,5,8,11-12H2,1H3. The predicted octanol–water partition coefficient (Wildman–Crippen LogP) is 2.89. The molecule has 0 radical (unpaired) electrons. The van der Waals surface area contributed by atoms with Crippen LogP contribution in [0.15, 0.2) is 42.7 Å². The second-order valence-corrected chi connectivity index (χ2v) is 6.32. The van der Waals surface area contributed by atoms with E-state index in [9.17, 15) is 9.59 Å². The van der Waals surface area contributed by atoms with Gasteiger partial charge in [-0.05, 0) is 18.4 Å². The Morgan fingerprint density at radius 2 is 2.00 bits per heavy atom. The highest BCUT2D eigenvalue weighted by atomic mass is 35.5. The van der Waals surface area contributed by atoms with Crippen molar-refractivity contribution in [3.8, 4) is 0 Å². The van der Waals surface area contributed by atoms with Crippen molar-refractivity contribution < 1.29 is 14.3 Å². The van der Waals surface area contributed by atoms with E-state index in [1.807, 2.05) is 30.3 Å². The summed E-state index contributed by atoms with van der Waals surface area (Å²) in [5.74, 6) is 0.00484. The van der Waals surface area contributed by atoms with Crippen LogP contribution >= 0.6 is 11.6 Å². The predicted molar refractivity (Wildman–Crippen MR) is 96.8 cm³/mol. The van der Waals surface area contributed by atoms with Crippen molar-refractivity contribution in [3.05, 3.63) is 53.4 Å². The summed E-state index contributed by atoms with van der Waals surface area (Å²) in [6.45, 7) is 0.648. The summed E-state index contributed by atoms with van der Waals surface area (Å²) in [7, 11) is 1.57. The molecular formula is C18H19ClN4O3. The Morgan fingerprint density at radius 3 is 2.73 bits per heavy atom. The van der Waals surface area contributed by atoms with Crippen LogP contribution in [0, 0.1) is 0 Å². The minimum absolute atomic E-state index is 0.138. The number of halogens is 1. The van der Waals surface area contributed by atoms with E-state index >= 15 is 0 Å². The van der Waals surface area contributed by atoms with Gasteiger partial charge in [-0.2, -0.15) is 0 Å². The molecule has 2 aromatic rings. The zero-order chi connectivity index (χ0) is 18.5. The van der Waals surface area contributed by atoms with Crippen LogP contribution in [0.4, 0.5) is 10.6 Å². The van der Waals surface area contributed by atoms with Gasteiger partial charge in [-0.3, -0.25) is 14.6 Å². The van der Waals surface area contributed by atoms with Crippen molar-refractivity contribution in [3.63, 3.8) is 0 Å². The lowest BCUT2D eigenvalue weighted by Gasteiger charge is -2.27. The Balaban J connectivity index is 1.66. The number of aromatic nitrogens is 2. The summed E-state index contributed by atoms with van der Waals surface area (Å²) < 4.78 is 5.36. The highest BCUT2D eigenvalue weighted by Gasteiger charge is 2.37. The lowest BCUT2D eigenvalue weighted by atomic mass is 10.2. The Hall–Kier alpha value is -2.67. The molecule has 7 nitrogen and oxygen atoms in total. The quantitative estimate of drug-likeness (QED) is 0.822. The van der Waals surface area contributed by atoms with Gasteiger partial charge in [0.1, 0.15) is 12.6 Å². The fraction of sp³-hybridized carbons (Fsp3) is 0.333. The van der Waals surface area contributed by atoms with Gasteiger partial charge >= 0.3 is 6.09 Å². The minimum atomic E-state index is -0.596. The molecular weight excluding hydrogens is 356 g/mol. The Kier molecular flexibility index (Phi) is 5.68. The SMILES string of the molecule is CN(C(=O)C1CCCN1C(=O)OCc1ccccc1)c1nccnc1Cl. The average Bonchev–Trinajstić information content (AvgIpc) is 3.16. The van der Waals surface area contributed by atoms with Gasteiger partial charge in [-0.1, -0.05) is 41.9 Å². The van der Waals surface area contributed by atoms with E-state index in [4.69, 9.17) is 16.3 Å². The fourth-order valence-corrected chi connectivity index (χ4v) is 3.14. The van der Waals surface area contributed by atoms with Crippen LogP contribution in [0.3, 0.4) is 0 Å². The zero-order valence-electron chi connectivity index (χ0n) is 14.3. The van der Waals surface area contributed by atoms with Crippen LogP contribution < -0.4 is 4.90 Å². The third-order valence-electron chi connectivity index (χ3n) is 4.26. The number of anilines is 1. The van der Waals surface area contributed by atoms with E-state index in [0.717, 1.165) is 12.0 Å². The Labute approximate surface area is 156 Å². The van der Waals surface area contributed by atoms with Gasteiger partial charge < -0.3 is 4.74 Å². The number of carbonyl (C=O) groups excluding carboxylic acids is 2. The highest BCUT2D eigenvalue weighted by molar-refractivity contribution is 6.32. The Morgan fingerprint density at radius 1 is 1.27 bits per heavy atom. The second kappa shape index (κ2) is 8.14. The van der Waals surface area contributed by atoms with Crippen LogP contribution in [0.2, 0.25) is 5.15 Å². The maximum absolute atomic E-state index is 12.8. The van der Waals surface area contributed by atoms with Gasteiger partial charge in [0.15, 0.2) is 11.0 Å². The normalized spacial score (nSPS) is 16.4. The maximum atomic E-state index is 12.8. The molecule has 8 heteroatoms. The van der Waals surface area contributed by atoms with Gasteiger partial charge in [0.25, 0.3) is 5.91 Å². The third kappa shape index (κ3) is 3.94. The molecule has 26 heavy (non-hydrogen) atoms. The number of likely N-dealkylation sites (N-methyl/N-ethyl adjacent to an activating group) is 1. The first-order chi connectivity index (χ1) is 12.6. The molecule has 1 aromatic carbocycles. The molecule has 1 aromatic heterocycles. The first-order valence-corrected chi connectivity index (χ1v) is 8.67. The van der Waals surface area contributed by atoms with Gasteiger partial charge in [0.2, 0.25) is 0 Å². The fourth-order valence-electron chi connectivity index (χ4n) is 2.91. The van der Waals surface area contributed by atoms with Gasteiger partial charge in [0.05, 0.1) is 0 Å². The van der Waals surface area contributed by atoms with Crippen molar-refractivity contribution in [1.82, 2.24) is 14.9 Å². The number of hydrogen-bond donors (Lipinski definition) is 0. The number of likely N-dealkylation sites (tertiary alicyclic amines) is 1. The molecule has 0 bridgehead atoms. The summed E-state index contributed by atoms with van der Waals surface area (Å²) in [6, 6.07) is 8.82. The second-order valence-electron chi connectivity index (χ2n) is 5.96. The largest absolute Gasteiger partial charge is 0.445 e. The summed E-state index contributed by atoms with van der Waals surface area (Å²) in [5, 5.41) is 0.138. The molecule has 1 aliphatic rings. The van der Waals surface area contributed by atoms with Crippen LogP contribution in [-0.2, 0) is 16.1 Å². The van der Waals surface area contributed by atoms with Crippen LogP contribution in [-0.4, -0.2) is 46.5 Å². The number of amides is 2. The molecule has 1 atom stereocenters. The maximum Gasteiger partial charge on any atom is 0.410 e. The molecule has 0 saturated carbocycles. The van der Waals surface area contributed by atoms with Gasteiger partial charge in [0, 0.05) is 26.0 Å². The molecule has 2 amide bonds. The summed E-state index contributed by atoms with van der Waals surface area (Å²) in [6.07, 6.45) is 3.72. The van der Waals surface area contributed by atoms with Crippen molar-refractivity contribution in [1.29, 1.82) is 0 Å². The van der Waals surface area contributed by atoms with E-state index in [-0.39, 0.29) is 23.5 Å². The van der Waals surface area contributed by atoms with E-state index in [0.29, 0.717) is 13.0 Å². The van der Waals surface area contributed by atoms with Crippen LogP contribution in [0.25, 0.3) is 0 Å². The Bertz CT molecular complexity index is 787. The zero-order valence-corrected chi connectivity index (χ0v) is 15.1. The van der Waals surface area contributed by atoms with E-state index in [1.54, 1.807) is 7.05 Å². The number of hydrogen-bond acceptors (Lipinski definition) is 5. The monoisotopic (exact) mass is 374 g/mol. The number of rotatable bonds is 4. The summed E-state index contributed by atoms with van der Waals surface area (Å²) >= 11 is 6.01. The van der Waals surface area contributed by atoms with Gasteiger partial charge in [-0.25, -0.2) is 14.8 Å². The number of ether oxygens (including phenoxy) is 1. The highest BCUT2D eigenvalue weighted by Crippen LogP contribution is 2.25. The number of benzene rings is 1. The molecule has 0 aliphatic carbocycles. The molecule has 0 spiro atoms.